The Morgan fingerprint density at radius 3 is 2.76 bits per heavy atom. The van der Waals surface area contributed by atoms with E-state index in [1.54, 1.807) is 0 Å². The number of nitrogens with one attached hydrogen (secondary N) is 2. The summed E-state index contributed by atoms with van der Waals surface area (Å²) >= 11 is 0. The van der Waals surface area contributed by atoms with Gasteiger partial charge in [0, 0.05) is 18.2 Å². The van der Waals surface area contributed by atoms with Crippen molar-refractivity contribution in [1.29, 1.82) is 0 Å². The Hall–Kier alpha value is -1.22. The van der Waals surface area contributed by atoms with Crippen LogP contribution < -0.4 is 10.0 Å². The molecule has 2 N–H and O–H groups in total. The highest BCUT2D eigenvalue weighted by molar-refractivity contribution is 7.89. The highest BCUT2D eigenvalue weighted by Gasteiger charge is 2.27. The molecule has 0 aromatic heterocycles. The van der Waals surface area contributed by atoms with Crippen LogP contribution in [0.15, 0.2) is 29.2 Å². The van der Waals surface area contributed by atoms with E-state index < -0.39 is 14.9 Å². The number of hydrogen-bond donors (Lipinski definition) is 2. The van der Waals surface area contributed by atoms with E-state index in [0.29, 0.717) is 6.42 Å². The summed E-state index contributed by atoms with van der Waals surface area (Å²) in [7, 11) is -3.73. The number of benzene rings is 1. The molecule has 0 saturated carbocycles. The van der Waals surface area contributed by atoms with E-state index in [1.807, 2.05) is 6.92 Å². The van der Waals surface area contributed by atoms with E-state index in [0.717, 1.165) is 19.2 Å². The predicted octanol–water partition coefficient (Wildman–Crippen LogP) is 1.29. The number of halogens is 1. The maximum absolute atomic E-state index is 12.3. The minimum atomic E-state index is -3.73. The van der Waals surface area contributed by atoms with Gasteiger partial charge >= 0.3 is 0 Å². The van der Waals surface area contributed by atoms with E-state index in [2.05, 4.69) is 10.0 Å². The molecule has 9 heteroatoms. The van der Waals surface area contributed by atoms with Gasteiger partial charge in [0.05, 0.1) is 9.82 Å². The van der Waals surface area contributed by atoms with Gasteiger partial charge in [0.15, 0.2) is 0 Å². The minimum Gasteiger partial charge on any atom is -0.316 e. The Balaban J connectivity index is 0.00000220. The average Bonchev–Trinajstić information content (AvgIpc) is 2.41. The molecule has 0 aliphatic carbocycles. The highest BCUT2D eigenvalue weighted by atomic mass is 35.5. The molecule has 1 fully saturated rings. The summed E-state index contributed by atoms with van der Waals surface area (Å²) in [5.41, 5.74) is -0.230. The third-order valence-corrected chi connectivity index (χ3v) is 4.92. The van der Waals surface area contributed by atoms with Crippen LogP contribution in [0.3, 0.4) is 0 Å². The largest absolute Gasteiger partial charge is 0.316 e. The second-order valence-electron chi connectivity index (χ2n) is 4.95. The number of non-ortho nitro benzene ring substituents is 1. The lowest BCUT2D eigenvalue weighted by Crippen LogP contribution is -2.48. The van der Waals surface area contributed by atoms with Gasteiger partial charge in [0.2, 0.25) is 10.0 Å². The van der Waals surface area contributed by atoms with Crippen LogP contribution in [0.1, 0.15) is 13.3 Å². The van der Waals surface area contributed by atoms with Gasteiger partial charge in [-0.3, -0.25) is 10.1 Å². The molecule has 0 spiro atoms. The molecule has 7 nitrogen and oxygen atoms in total. The molecule has 21 heavy (non-hydrogen) atoms. The normalized spacial score (nSPS) is 22.3. The van der Waals surface area contributed by atoms with E-state index in [4.69, 9.17) is 0 Å². The summed E-state index contributed by atoms with van der Waals surface area (Å²) in [4.78, 5) is 10.0. The summed E-state index contributed by atoms with van der Waals surface area (Å²) < 4.78 is 27.2. The van der Waals surface area contributed by atoms with Crippen molar-refractivity contribution in [3.05, 3.63) is 34.4 Å². The zero-order valence-electron chi connectivity index (χ0n) is 11.5. The van der Waals surface area contributed by atoms with Crippen molar-refractivity contribution in [3.63, 3.8) is 0 Å². The summed E-state index contributed by atoms with van der Waals surface area (Å²) in [5, 5.41) is 13.9. The van der Waals surface area contributed by atoms with Crippen molar-refractivity contribution in [2.75, 3.05) is 13.1 Å². The fourth-order valence-electron chi connectivity index (χ4n) is 2.22. The van der Waals surface area contributed by atoms with Gasteiger partial charge in [-0.2, -0.15) is 0 Å². The van der Waals surface area contributed by atoms with Crippen LogP contribution in [0.2, 0.25) is 0 Å². The molecular formula is C12H18ClN3O4S. The predicted molar refractivity (Wildman–Crippen MR) is 81.1 cm³/mol. The standard InChI is InChI=1S/C12H17N3O4S.ClH/c1-9-8-13-6-5-12(9)14-20(18,19)11-4-2-3-10(7-11)15(16)17;/h2-4,7,9,12-14H,5-6,8H2,1H3;1H. The first kappa shape index (κ1) is 17.8. The first-order chi connectivity index (χ1) is 9.40. The van der Waals surface area contributed by atoms with Crippen LogP contribution in [-0.4, -0.2) is 32.5 Å². The van der Waals surface area contributed by atoms with Gasteiger partial charge in [-0.25, -0.2) is 13.1 Å². The second kappa shape index (κ2) is 7.17. The number of nitro groups is 1. The minimum absolute atomic E-state index is 0. The van der Waals surface area contributed by atoms with E-state index in [-0.39, 0.29) is 34.9 Å². The van der Waals surface area contributed by atoms with Crippen molar-refractivity contribution in [2.24, 2.45) is 5.92 Å². The maximum Gasteiger partial charge on any atom is 0.270 e. The van der Waals surface area contributed by atoms with Gasteiger partial charge in [-0.1, -0.05) is 13.0 Å². The third-order valence-electron chi connectivity index (χ3n) is 3.43. The number of nitrogens with zero attached hydrogens (tertiary/aromatic N) is 1. The molecule has 118 valence electrons. The van der Waals surface area contributed by atoms with Crippen LogP contribution in [0.4, 0.5) is 5.69 Å². The van der Waals surface area contributed by atoms with Crippen molar-refractivity contribution in [3.8, 4) is 0 Å². The number of hydrogen-bond acceptors (Lipinski definition) is 5. The number of sulfonamides is 1. The molecule has 1 aliphatic heterocycles. The number of rotatable bonds is 4. The Morgan fingerprint density at radius 2 is 2.14 bits per heavy atom. The zero-order chi connectivity index (χ0) is 14.8. The SMILES string of the molecule is CC1CNCCC1NS(=O)(=O)c1cccc([N+](=O)[O-])c1.Cl. The van der Waals surface area contributed by atoms with Gasteiger partial charge in [-0.15, -0.1) is 12.4 Å². The summed E-state index contributed by atoms with van der Waals surface area (Å²) in [6.45, 7) is 3.47. The fourth-order valence-corrected chi connectivity index (χ4v) is 3.64. The smallest absolute Gasteiger partial charge is 0.270 e. The molecule has 2 atom stereocenters. The van der Waals surface area contributed by atoms with Crippen molar-refractivity contribution in [2.45, 2.75) is 24.3 Å². The molecule has 1 saturated heterocycles. The van der Waals surface area contributed by atoms with Gasteiger partial charge < -0.3 is 5.32 Å². The van der Waals surface area contributed by atoms with Crippen molar-refractivity contribution < 1.29 is 13.3 Å². The van der Waals surface area contributed by atoms with E-state index >= 15 is 0 Å². The molecular weight excluding hydrogens is 318 g/mol. The van der Waals surface area contributed by atoms with Crippen LogP contribution in [0.5, 0.6) is 0 Å². The molecule has 0 amide bonds. The summed E-state index contributed by atoms with van der Waals surface area (Å²) in [6, 6.07) is 4.93. The van der Waals surface area contributed by atoms with Crippen molar-refractivity contribution >= 4 is 28.1 Å². The molecule has 0 bridgehead atoms. The van der Waals surface area contributed by atoms with Crippen LogP contribution in [-0.2, 0) is 10.0 Å². The first-order valence-corrected chi connectivity index (χ1v) is 7.86. The van der Waals surface area contributed by atoms with E-state index in [9.17, 15) is 18.5 Å². The molecule has 1 aliphatic rings. The molecule has 2 unspecified atom stereocenters. The molecule has 1 aromatic rings. The Morgan fingerprint density at radius 1 is 1.43 bits per heavy atom. The quantitative estimate of drug-likeness (QED) is 0.637. The molecule has 1 aromatic carbocycles. The molecule has 0 radical (unpaired) electrons. The molecule has 1 heterocycles. The van der Waals surface area contributed by atoms with Crippen molar-refractivity contribution in [1.82, 2.24) is 10.0 Å². The summed E-state index contributed by atoms with van der Waals surface area (Å²) in [5.74, 6) is 0.178. The zero-order valence-corrected chi connectivity index (χ0v) is 13.1. The van der Waals surface area contributed by atoms with Gasteiger partial charge in [0.25, 0.3) is 5.69 Å². The highest BCUT2D eigenvalue weighted by Crippen LogP contribution is 2.19. The van der Waals surface area contributed by atoms with Gasteiger partial charge in [0.1, 0.15) is 0 Å². The Labute approximate surface area is 129 Å². The monoisotopic (exact) mass is 335 g/mol. The first-order valence-electron chi connectivity index (χ1n) is 6.37. The van der Waals surface area contributed by atoms with Crippen LogP contribution in [0.25, 0.3) is 0 Å². The fraction of sp³-hybridized carbons (Fsp3) is 0.500. The lowest BCUT2D eigenvalue weighted by Gasteiger charge is -2.29. The third kappa shape index (κ3) is 4.37. The van der Waals surface area contributed by atoms with Crippen LogP contribution >= 0.6 is 12.4 Å². The lowest BCUT2D eigenvalue weighted by atomic mass is 9.97. The van der Waals surface area contributed by atoms with E-state index in [1.165, 1.54) is 18.2 Å². The average molecular weight is 336 g/mol. The maximum atomic E-state index is 12.3. The van der Waals surface area contributed by atoms with Crippen LogP contribution in [0, 0.1) is 16.0 Å². The Bertz CT molecular complexity index is 608. The number of piperidine rings is 1. The van der Waals surface area contributed by atoms with Gasteiger partial charge in [-0.05, 0) is 31.5 Å². The second-order valence-corrected chi connectivity index (χ2v) is 6.67. The Kier molecular flexibility index (Phi) is 6.09. The topological polar surface area (TPSA) is 101 Å². The lowest BCUT2D eigenvalue weighted by molar-refractivity contribution is -0.385. The molecule has 2 rings (SSSR count). The number of nitro benzene ring substituents is 1. The summed E-state index contributed by atoms with van der Waals surface area (Å²) in [6.07, 6.45) is 0.704.